The molecule has 0 fully saturated rings. The summed E-state index contributed by atoms with van der Waals surface area (Å²) in [4.78, 5) is 7.16. The highest BCUT2D eigenvalue weighted by molar-refractivity contribution is 6.15. The van der Waals surface area contributed by atoms with E-state index in [-0.39, 0.29) is 12.1 Å². The van der Waals surface area contributed by atoms with Crippen molar-refractivity contribution in [2.45, 2.75) is 25.9 Å². The van der Waals surface area contributed by atoms with E-state index in [1.165, 1.54) is 43.1 Å². The smallest absolute Gasteiger partial charge is 0.0999 e. The van der Waals surface area contributed by atoms with Crippen LogP contribution in [0.5, 0.6) is 0 Å². The first-order chi connectivity index (χ1) is 45.4. The topological polar surface area (TPSA) is 64.6 Å². The first-order valence-corrected chi connectivity index (χ1v) is 31.5. The van der Waals surface area contributed by atoms with Crippen LogP contribution in [0.25, 0.3) is 149 Å². The van der Waals surface area contributed by atoms with Gasteiger partial charge in [0.05, 0.1) is 79.2 Å². The summed E-state index contributed by atoms with van der Waals surface area (Å²) >= 11 is 0. The van der Waals surface area contributed by atoms with E-state index in [1.54, 1.807) is 6.20 Å². The minimum atomic E-state index is -0.265. The van der Waals surface area contributed by atoms with Gasteiger partial charge < -0.3 is 27.7 Å². The molecule has 0 spiro atoms. The first-order valence-electron chi connectivity index (χ1n) is 31.5. The summed E-state index contributed by atoms with van der Waals surface area (Å²) in [5.74, 6) is 0. The van der Waals surface area contributed by atoms with Gasteiger partial charge in [-0.2, -0.15) is 5.26 Å². The van der Waals surface area contributed by atoms with Crippen molar-refractivity contribution in [2.75, 3.05) is 4.90 Å². The molecule has 12 aromatic carbocycles. The van der Waals surface area contributed by atoms with Gasteiger partial charge in [0.25, 0.3) is 0 Å². The summed E-state index contributed by atoms with van der Waals surface area (Å²) in [7, 11) is 0. The molecule has 0 saturated carbocycles. The molecule has 0 aliphatic heterocycles. The van der Waals surface area contributed by atoms with Crippen molar-refractivity contribution in [2.24, 2.45) is 0 Å². The molecule has 8 nitrogen and oxygen atoms in total. The number of fused-ring (bicyclic) bond motifs is 15. The van der Waals surface area contributed by atoms with Gasteiger partial charge in [0.1, 0.15) is 0 Å². The maximum atomic E-state index is 11.7. The van der Waals surface area contributed by atoms with Crippen LogP contribution in [0.3, 0.4) is 0 Å². The summed E-state index contributed by atoms with van der Waals surface area (Å²) in [6.07, 6.45) is 5.66. The Morgan fingerprint density at radius 3 is 1.17 bits per heavy atom. The molecule has 18 aromatic rings. The van der Waals surface area contributed by atoms with E-state index in [2.05, 4.69) is 326 Å². The summed E-state index contributed by atoms with van der Waals surface area (Å²) in [6.45, 7) is 9.30. The highest BCUT2D eigenvalue weighted by Gasteiger charge is 2.32. The van der Waals surface area contributed by atoms with Crippen LogP contribution >= 0.6 is 0 Å². The zero-order valence-electron chi connectivity index (χ0n) is 50.7. The van der Waals surface area contributed by atoms with Gasteiger partial charge in [0, 0.05) is 111 Å². The maximum Gasteiger partial charge on any atom is 0.0999 e. The fourth-order valence-corrected chi connectivity index (χ4v) is 15.4. The average Bonchev–Trinajstić information content (AvgIpc) is 1.56. The van der Waals surface area contributed by atoms with Crippen LogP contribution in [-0.2, 0) is 0 Å². The van der Waals surface area contributed by atoms with Crippen LogP contribution in [0, 0.1) is 11.3 Å². The number of benzene rings is 12. The van der Waals surface area contributed by atoms with E-state index < -0.39 is 0 Å². The molecule has 92 heavy (non-hydrogen) atoms. The van der Waals surface area contributed by atoms with Gasteiger partial charge in [0.2, 0.25) is 0 Å². The van der Waals surface area contributed by atoms with Crippen molar-refractivity contribution in [3.05, 3.63) is 303 Å². The number of para-hydroxylation sites is 8. The summed E-state index contributed by atoms with van der Waals surface area (Å²) < 4.78 is 12.2. The van der Waals surface area contributed by atoms with Crippen molar-refractivity contribution >= 4 is 126 Å². The number of anilines is 2. The molecule has 1 unspecified atom stereocenters. The second-order valence-corrected chi connectivity index (χ2v) is 24.3. The average molecular weight is 1180 g/mol. The standard InChI is InChI=1S/C84H58N8/c1-4-55-46-58(89-75-33-15-7-25-63(75)64-26-8-16-34-76(64)89)39-42-72(55)87(53(2)54(3)88-73-31-13-5-23-61(73)62-24-6-14-32-74(62)88)83-47-57(51-85)69(56-22-21-45-86-52-56)50-84(83)92-81-43-40-59(90-77-35-17-9-27-65(77)66-28-10-18-36-78(66)90)48-70(81)71-49-60(41-44-82(71)92)91-79-37-19-11-29-67(79)68-30-12-20-38-80(68)91/h4-50,52-54H,1H2,2-3H3/t53?,54-/m0/s1. The zero-order chi connectivity index (χ0) is 61.3. The van der Waals surface area contributed by atoms with Crippen LogP contribution in [0.1, 0.15) is 31.0 Å². The lowest BCUT2D eigenvalue weighted by atomic mass is 9.96. The Bertz CT molecular complexity index is 5730. The molecular formula is C84H58N8. The molecule has 2 atom stereocenters. The first kappa shape index (κ1) is 52.9. The van der Waals surface area contributed by atoms with Crippen LogP contribution in [0.15, 0.2) is 292 Å². The number of nitriles is 1. The van der Waals surface area contributed by atoms with E-state index in [4.69, 9.17) is 0 Å². The maximum absolute atomic E-state index is 11.7. The lowest BCUT2D eigenvalue weighted by molar-refractivity contribution is 0.481. The summed E-state index contributed by atoms with van der Waals surface area (Å²) in [5, 5.41) is 23.5. The van der Waals surface area contributed by atoms with Gasteiger partial charge in [-0.1, -0.05) is 164 Å². The highest BCUT2D eigenvalue weighted by atomic mass is 15.2. The van der Waals surface area contributed by atoms with Crippen LogP contribution in [0.4, 0.5) is 11.4 Å². The monoisotopic (exact) mass is 1180 g/mol. The molecule has 0 aliphatic rings. The summed E-state index contributed by atoms with van der Waals surface area (Å²) in [6, 6.07) is 101. The predicted octanol–water partition coefficient (Wildman–Crippen LogP) is 21.5. The minimum Gasteiger partial charge on any atom is -0.336 e. The third-order valence-corrected chi connectivity index (χ3v) is 19.6. The Morgan fingerprint density at radius 1 is 0.391 bits per heavy atom. The number of hydrogen-bond donors (Lipinski definition) is 0. The van der Waals surface area contributed by atoms with E-state index >= 15 is 0 Å². The molecule has 0 bridgehead atoms. The molecular weight excluding hydrogens is 1120 g/mol. The largest absolute Gasteiger partial charge is 0.336 e. The fourth-order valence-electron chi connectivity index (χ4n) is 15.4. The van der Waals surface area contributed by atoms with Crippen LogP contribution in [-0.4, -0.2) is 33.9 Å². The second-order valence-electron chi connectivity index (χ2n) is 24.3. The normalized spacial score (nSPS) is 12.6. The van der Waals surface area contributed by atoms with E-state index in [0.717, 1.165) is 117 Å². The number of hydrogen-bond acceptors (Lipinski definition) is 3. The fraction of sp³-hybridized carbons (Fsp3) is 0.0476. The molecule has 6 aromatic heterocycles. The Balaban J connectivity index is 0.948. The predicted molar refractivity (Wildman–Crippen MR) is 384 cm³/mol. The molecule has 8 heteroatoms. The Morgan fingerprint density at radius 2 is 0.772 bits per heavy atom. The Hall–Kier alpha value is -12.2. The van der Waals surface area contributed by atoms with Crippen LogP contribution < -0.4 is 4.90 Å². The quantitative estimate of drug-likeness (QED) is 0.130. The molecule has 434 valence electrons. The Kier molecular flexibility index (Phi) is 11.9. The van der Waals surface area contributed by atoms with Gasteiger partial charge >= 0.3 is 0 Å². The van der Waals surface area contributed by atoms with Gasteiger partial charge in [-0.3, -0.25) is 4.98 Å². The third-order valence-electron chi connectivity index (χ3n) is 19.6. The van der Waals surface area contributed by atoms with E-state index in [9.17, 15) is 5.26 Å². The molecule has 6 heterocycles. The number of rotatable bonds is 11. The number of nitrogens with zero attached hydrogens (tertiary/aromatic N) is 8. The second kappa shape index (κ2) is 20.7. The minimum absolute atomic E-state index is 0.147. The van der Waals surface area contributed by atoms with Crippen molar-refractivity contribution in [1.29, 1.82) is 5.26 Å². The molecule has 0 aliphatic carbocycles. The van der Waals surface area contributed by atoms with Crippen LogP contribution in [0.2, 0.25) is 0 Å². The lowest BCUT2D eigenvalue weighted by Gasteiger charge is -2.39. The molecule has 0 saturated heterocycles. The van der Waals surface area contributed by atoms with E-state index in [0.29, 0.717) is 5.56 Å². The SMILES string of the molecule is C=Cc1cc(-n2c3ccccc3c3ccccc32)ccc1N(c1cc(C#N)c(-c2cccnc2)cc1-n1c2ccc(-n3c4ccccc4c4ccccc43)cc2c2cc(-n3c4ccccc4c4ccccc43)ccc21)C(C)[C@H](C)n1c2ccccc2c2ccccc21. The van der Waals surface area contributed by atoms with Gasteiger partial charge in [0.15, 0.2) is 0 Å². The van der Waals surface area contributed by atoms with Crippen molar-refractivity contribution in [1.82, 2.24) is 27.8 Å². The number of aromatic nitrogens is 6. The van der Waals surface area contributed by atoms with Crippen molar-refractivity contribution < 1.29 is 0 Å². The molecule has 0 N–H and O–H groups in total. The van der Waals surface area contributed by atoms with Crippen molar-refractivity contribution in [3.63, 3.8) is 0 Å². The molecule has 0 radical (unpaired) electrons. The Labute approximate surface area is 530 Å². The third kappa shape index (κ3) is 7.79. The molecule has 0 amide bonds. The summed E-state index contributed by atoms with van der Waals surface area (Å²) in [5.41, 5.74) is 20.1. The van der Waals surface area contributed by atoms with Gasteiger partial charge in [-0.15, -0.1) is 0 Å². The lowest BCUT2D eigenvalue weighted by Crippen LogP contribution is -2.36. The molecule has 18 rings (SSSR count). The van der Waals surface area contributed by atoms with Gasteiger partial charge in [-0.05, 0) is 141 Å². The number of pyridine rings is 1. The highest BCUT2D eigenvalue weighted by Crippen LogP contribution is 2.48. The van der Waals surface area contributed by atoms with Gasteiger partial charge in [-0.25, -0.2) is 0 Å². The van der Waals surface area contributed by atoms with E-state index in [1.807, 2.05) is 18.3 Å². The zero-order valence-corrected chi connectivity index (χ0v) is 50.7. The van der Waals surface area contributed by atoms with Crippen molar-refractivity contribution in [3.8, 4) is 39.9 Å².